The van der Waals surface area contributed by atoms with Crippen LogP contribution >= 0.6 is 11.8 Å². The van der Waals surface area contributed by atoms with E-state index in [-0.39, 0.29) is 11.3 Å². The first-order chi connectivity index (χ1) is 8.75. The number of aliphatic carboxylic acids is 1. The largest absolute Gasteiger partial charge is 0.480 e. The molecule has 7 nitrogen and oxygen atoms in total. The van der Waals surface area contributed by atoms with Crippen LogP contribution in [0.2, 0.25) is 0 Å². The summed E-state index contributed by atoms with van der Waals surface area (Å²) in [5.41, 5.74) is 4.98. The molecular weight excluding hydrogens is 270 g/mol. The fourth-order valence-corrected chi connectivity index (χ4v) is 3.49. The van der Waals surface area contributed by atoms with Crippen LogP contribution in [0.3, 0.4) is 0 Å². The highest BCUT2D eigenvalue weighted by atomic mass is 32.2. The average molecular weight is 289 g/mol. The van der Waals surface area contributed by atoms with E-state index in [2.05, 4.69) is 5.32 Å². The maximum Gasteiger partial charge on any atom is 0.327 e. The lowest BCUT2D eigenvalue weighted by Crippen LogP contribution is -2.55. The Bertz CT molecular complexity index is 388. The first-order valence-electron chi connectivity index (χ1n) is 5.98. The average Bonchev–Trinajstić information content (AvgIpc) is 2.71. The Balaban J connectivity index is 2.92. The Hall–Kier alpha value is -1.44. The van der Waals surface area contributed by atoms with Crippen molar-refractivity contribution in [2.75, 3.05) is 5.75 Å². The molecule has 3 amide bonds. The molecule has 3 atom stereocenters. The van der Waals surface area contributed by atoms with E-state index in [1.54, 1.807) is 0 Å². The molecule has 0 aliphatic carbocycles. The molecule has 0 bridgehead atoms. The standard InChI is InChI=1S/C11H19N3O4S/c1-5(2)9-14(7(4-19-9)10(16)17)8(15)6(3)13-11(12)18/h5-7,9H,4H2,1-3H3,(H,16,17)(H3,12,13,18). The molecule has 19 heavy (non-hydrogen) atoms. The van der Waals surface area contributed by atoms with Gasteiger partial charge < -0.3 is 21.1 Å². The number of nitrogens with zero attached hydrogens (tertiary/aromatic N) is 1. The third kappa shape index (κ3) is 3.52. The van der Waals surface area contributed by atoms with Gasteiger partial charge in [-0.1, -0.05) is 13.8 Å². The number of urea groups is 1. The third-order valence-corrected chi connectivity index (χ3v) is 4.50. The maximum atomic E-state index is 12.3. The smallest absolute Gasteiger partial charge is 0.327 e. The SMILES string of the molecule is CC(NC(N)=O)C(=O)N1C(C(=O)O)CSC1C(C)C. The highest BCUT2D eigenvalue weighted by molar-refractivity contribution is 8.00. The number of carbonyl (C=O) groups is 3. The van der Waals surface area contributed by atoms with E-state index in [4.69, 9.17) is 5.73 Å². The van der Waals surface area contributed by atoms with Crippen LogP contribution in [0.4, 0.5) is 4.79 Å². The fourth-order valence-electron chi connectivity index (χ4n) is 2.01. The van der Waals surface area contributed by atoms with Crippen LogP contribution < -0.4 is 11.1 Å². The van der Waals surface area contributed by atoms with Crippen LogP contribution in [0.25, 0.3) is 0 Å². The van der Waals surface area contributed by atoms with Gasteiger partial charge in [-0.3, -0.25) is 4.79 Å². The van der Waals surface area contributed by atoms with Gasteiger partial charge in [0.25, 0.3) is 0 Å². The van der Waals surface area contributed by atoms with E-state index in [1.807, 2.05) is 13.8 Å². The molecule has 1 aliphatic rings. The Kier molecular flexibility index (Phi) is 5.04. The minimum atomic E-state index is -1.03. The number of carboxylic acids is 1. The molecule has 0 aromatic heterocycles. The normalized spacial score (nSPS) is 24.3. The van der Waals surface area contributed by atoms with E-state index in [1.165, 1.54) is 23.6 Å². The van der Waals surface area contributed by atoms with Gasteiger partial charge >= 0.3 is 12.0 Å². The molecule has 4 N–H and O–H groups in total. The van der Waals surface area contributed by atoms with Crippen molar-refractivity contribution in [3.8, 4) is 0 Å². The van der Waals surface area contributed by atoms with E-state index in [0.717, 1.165) is 0 Å². The summed E-state index contributed by atoms with van der Waals surface area (Å²) < 4.78 is 0. The number of thioether (sulfide) groups is 1. The summed E-state index contributed by atoms with van der Waals surface area (Å²) in [5.74, 6) is -0.975. The lowest BCUT2D eigenvalue weighted by Gasteiger charge is -2.31. The number of carboxylic acid groups (broad SMARTS) is 1. The highest BCUT2D eigenvalue weighted by Gasteiger charge is 2.44. The second kappa shape index (κ2) is 6.14. The molecule has 1 heterocycles. The highest BCUT2D eigenvalue weighted by Crippen LogP contribution is 2.34. The number of hydrogen-bond donors (Lipinski definition) is 3. The molecule has 0 spiro atoms. The second-order valence-electron chi connectivity index (χ2n) is 4.80. The van der Waals surface area contributed by atoms with Crippen LogP contribution in [-0.4, -0.2) is 51.1 Å². The molecule has 0 aromatic rings. The zero-order chi connectivity index (χ0) is 14.7. The molecule has 1 rings (SSSR count). The van der Waals surface area contributed by atoms with Gasteiger partial charge in [-0.2, -0.15) is 0 Å². The van der Waals surface area contributed by atoms with Crippen molar-refractivity contribution in [3.63, 3.8) is 0 Å². The van der Waals surface area contributed by atoms with Gasteiger partial charge in [0.2, 0.25) is 5.91 Å². The van der Waals surface area contributed by atoms with Gasteiger partial charge in [0, 0.05) is 5.75 Å². The van der Waals surface area contributed by atoms with E-state index >= 15 is 0 Å². The second-order valence-corrected chi connectivity index (χ2v) is 5.95. The molecule has 1 aliphatic heterocycles. The summed E-state index contributed by atoms with van der Waals surface area (Å²) in [6, 6.07) is -2.50. The predicted octanol–water partition coefficient (Wildman–Crippen LogP) is 0.0539. The van der Waals surface area contributed by atoms with Crippen molar-refractivity contribution in [3.05, 3.63) is 0 Å². The Morgan fingerprint density at radius 3 is 2.37 bits per heavy atom. The van der Waals surface area contributed by atoms with Crippen molar-refractivity contribution < 1.29 is 19.5 Å². The van der Waals surface area contributed by atoms with E-state index in [9.17, 15) is 19.5 Å². The topological polar surface area (TPSA) is 113 Å². The molecule has 3 unspecified atom stereocenters. The molecule has 8 heteroatoms. The molecule has 0 radical (unpaired) electrons. The van der Waals surface area contributed by atoms with Gasteiger partial charge in [-0.25, -0.2) is 9.59 Å². The Labute approximate surface area is 115 Å². The van der Waals surface area contributed by atoms with Crippen molar-refractivity contribution in [1.29, 1.82) is 0 Å². The Morgan fingerprint density at radius 1 is 1.37 bits per heavy atom. The minimum Gasteiger partial charge on any atom is -0.480 e. The van der Waals surface area contributed by atoms with Gasteiger partial charge in [0.15, 0.2) is 0 Å². The molecular formula is C11H19N3O4S. The van der Waals surface area contributed by atoms with Gasteiger partial charge in [0.1, 0.15) is 12.1 Å². The number of primary amides is 1. The lowest BCUT2D eigenvalue weighted by molar-refractivity contribution is -0.150. The quantitative estimate of drug-likeness (QED) is 0.677. The van der Waals surface area contributed by atoms with E-state index < -0.39 is 30.0 Å². The van der Waals surface area contributed by atoms with Crippen molar-refractivity contribution in [2.24, 2.45) is 11.7 Å². The van der Waals surface area contributed by atoms with Crippen LogP contribution in [0.5, 0.6) is 0 Å². The zero-order valence-electron chi connectivity index (χ0n) is 11.1. The first-order valence-corrected chi connectivity index (χ1v) is 7.03. The number of hydrogen-bond acceptors (Lipinski definition) is 4. The molecule has 0 saturated carbocycles. The molecule has 1 fully saturated rings. The predicted molar refractivity (Wildman–Crippen MR) is 71.5 cm³/mol. The summed E-state index contributed by atoms with van der Waals surface area (Å²) >= 11 is 1.44. The minimum absolute atomic E-state index is 0.124. The van der Waals surface area contributed by atoms with Crippen molar-refractivity contribution in [2.45, 2.75) is 38.2 Å². The van der Waals surface area contributed by atoms with E-state index in [0.29, 0.717) is 5.75 Å². The zero-order valence-corrected chi connectivity index (χ0v) is 11.9. The van der Waals surface area contributed by atoms with Crippen LogP contribution in [0, 0.1) is 5.92 Å². The van der Waals surface area contributed by atoms with Gasteiger partial charge in [-0.05, 0) is 12.8 Å². The summed E-state index contributed by atoms with van der Waals surface area (Å²) in [6.07, 6.45) is 0. The van der Waals surface area contributed by atoms with Crippen molar-refractivity contribution >= 4 is 29.7 Å². The number of rotatable bonds is 4. The fraction of sp³-hybridized carbons (Fsp3) is 0.727. The van der Waals surface area contributed by atoms with Gasteiger partial charge in [0.05, 0.1) is 5.37 Å². The molecule has 1 saturated heterocycles. The number of carbonyl (C=O) groups excluding carboxylic acids is 2. The molecule has 108 valence electrons. The monoisotopic (exact) mass is 289 g/mol. The lowest BCUT2D eigenvalue weighted by atomic mass is 10.1. The van der Waals surface area contributed by atoms with Crippen LogP contribution in [0.15, 0.2) is 0 Å². The van der Waals surface area contributed by atoms with Gasteiger partial charge in [-0.15, -0.1) is 11.8 Å². The number of amides is 3. The Morgan fingerprint density at radius 2 is 1.95 bits per heavy atom. The number of nitrogens with one attached hydrogen (secondary N) is 1. The molecule has 0 aromatic carbocycles. The summed E-state index contributed by atoms with van der Waals surface area (Å²) in [4.78, 5) is 35.6. The third-order valence-electron chi connectivity index (χ3n) is 2.87. The summed E-state index contributed by atoms with van der Waals surface area (Å²) in [7, 11) is 0. The first kappa shape index (κ1) is 15.6. The maximum absolute atomic E-state index is 12.3. The van der Waals surface area contributed by atoms with Crippen LogP contribution in [-0.2, 0) is 9.59 Å². The summed E-state index contributed by atoms with van der Waals surface area (Å²) in [6.45, 7) is 5.34. The summed E-state index contributed by atoms with van der Waals surface area (Å²) in [5, 5.41) is 11.3. The van der Waals surface area contributed by atoms with Crippen molar-refractivity contribution in [1.82, 2.24) is 10.2 Å². The number of nitrogens with two attached hydrogens (primary N) is 1. The van der Waals surface area contributed by atoms with Crippen LogP contribution in [0.1, 0.15) is 20.8 Å².